The smallest absolute Gasteiger partial charge is 0.316 e. The van der Waals surface area contributed by atoms with Gasteiger partial charge in [-0.25, -0.2) is 9.89 Å². The van der Waals surface area contributed by atoms with Crippen LogP contribution in [0.2, 0.25) is 0 Å². The zero-order valence-electron chi connectivity index (χ0n) is 11.1. The van der Waals surface area contributed by atoms with Gasteiger partial charge < -0.3 is 5.32 Å². The first-order valence-corrected chi connectivity index (χ1v) is 7.13. The normalized spacial score (nSPS) is 10.8. The number of nitrogens with zero attached hydrogens (tertiary/aromatic N) is 2. The van der Waals surface area contributed by atoms with Gasteiger partial charge in [-0.2, -0.15) is 0 Å². The minimum absolute atomic E-state index is 0.142. The molecule has 1 aromatic heterocycles. The molecular formula is C13H18N4OS. The number of benzene rings is 1. The minimum Gasteiger partial charge on any atom is -0.316 e. The summed E-state index contributed by atoms with van der Waals surface area (Å²) in [6.07, 6.45) is 0.911. The Balaban J connectivity index is 2.14. The Bertz CT molecular complexity index is 573. The van der Waals surface area contributed by atoms with Gasteiger partial charge in [-0.1, -0.05) is 19.1 Å². The van der Waals surface area contributed by atoms with E-state index in [1.54, 1.807) is 4.57 Å². The first kappa shape index (κ1) is 13.9. The van der Waals surface area contributed by atoms with Crippen LogP contribution in [0.15, 0.2) is 39.1 Å². The van der Waals surface area contributed by atoms with Crippen molar-refractivity contribution >= 4 is 11.8 Å². The highest BCUT2D eigenvalue weighted by Crippen LogP contribution is 2.25. The van der Waals surface area contributed by atoms with Gasteiger partial charge in [0.2, 0.25) is 0 Å². The zero-order valence-corrected chi connectivity index (χ0v) is 12.0. The summed E-state index contributed by atoms with van der Waals surface area (Å²) in [5, 5.41) is 10.4. The van der Waals surface area contributed by atoms with E-state index in [0.717, 1.165) is 17.9 Å². The van der Waals surface area contributed by atoms with Crippen molar-refractivity contribution in [1.82, 2.24) is 20.1 Å². The summed E-state index contributed by atoms with van der Waals surface area (Å²) in [7, 11) is 1.93. The maximum absolute atomic E-state index is 11.6. The summed E-state index contributed by atoms with van der Waals surface area (Å²) in [5.41, 5.74) is 1.09. The van der Waals surface area contributed by atoms with Crippen LogP contribution in [0.4, 0.5) is 0 Å². The lowest BCUT2D eigenvalue weighted by Crippen LogP contribution is -2.17. The van der Waals surface area contributed by atoms with Gasteiger partial charge in [0.15, 0.2) is 5.16 Å². The molecule has 2 aromatic rings. The quantitative estimate of drug-likeness (QED) is 0.846. The van der Waals surface area contributed by atoms with E-state index < -0.39 is 0 Å². The molecule has 0 radical (unpaired) electrons. The molecule has 0 saturated heterocycles. The fraction of sp³-hybridized carbons (Fsp3) is 0.385. The molecule has 5 nitrogen and oxygen atoms in total. The molecule has 0 saturated carbocycles. The molecule has 0 fully saturated rings. The second-order valence-corrected chi connectivity index (χ2v) is 5.28. The Labute approximate surface area is 116 Å². The molecule has 0 amide bonds. The fourth-order valence-corrected chi connectivity index (χ4v) is 2.65. The zero-order chi connectivity index (χ0) is 13.7. The molecule has 0 aliphatic rings. The van der Waals surface area contributed by atoms with E-state index in [1.165, 1.54) is 17.3 Å². The van der Waals surface area contributed by atoms with Crippen molar-refractivity contribution in [1.29, 1.82) is 0 Å². The average Bonchev–Trinajstić information content (AvgIpc) is 2.75. The molecule has 19 heavy (non-hydrogen) atoms. The van der Waals surface area contributed by atoms with Crippen molar-refractivity contribution < 1.29 is 0 Å². The standard InChI is InChI=1S/C13H18N4OS/c1-3-8-17-12(18)15-16-13(17)19-11-6-4-10(5-7-11)9-14-2/h4-7,14H,3,8-9H2,1-2H3,(H,15,18). The predicted molar refractivity (Wildman–Crippen MR) is 76.5 cm³/mol. The second-order valence-electron chi connectivity index (χ2n) is 4.24. The van der Waals surface area contributed by atoms with E-state index in [2.05, 4.69) is 27.6 Å². The van der Waals surface area contributed by atoms with Gasteiger partial charge in [-0.15, -0.1) is 5.10 Å². The van der Waals surface area contributed by atoms with Crippen molar-refractivity contribution in [3.8, 4) is 0 Å². The minimum atomic E-state index is -0.142. The molecule has 0 unspecified atom stereocenters. The van der Waals surface area contributed by atoms with Crippen LogP contribution in [0.3, 0.4) is 0 Å². The molecule has 0 aliphatic heterocycles. The third-order valence-corrected chi connectivity index (χ3v) is 3.69. The molecule has 0 atom stereocenters. The van der Waals surface area contributed by atoms with Crippen molar-refractivity contribution in [3.63, 3.8) is 0 Å². The molecule has 6 heteroatoms. The summed E-state index contributed by atoms with van der Waals surface area (Å²) in [6, 6.07) is 8.25. The van der Waals surface area contributed by atoms with E-state index in [9.17, 15) is 4.79 Å². The Morgan fingerprint density at radius 3 is 2.74 bits per heavy atom. The van der Waals surface area contributed by atoms with E-state index >= 15 is 0 Å². The number of hydrogen-bond acceptors (Lipinski definition) is 4. The van der Waals surface area contributed by atoms with Crippen LogP contribution in [-0.2, 0) is 13.1 Å². The molecule has 2 rings (SSSR count). The Morgan fingerprint density at radius 1 is 1.37 bits per heavy atom. The van der Waals surface area contributed by atoms with E-state index in [0.29, 0.717) is 11.7 Å². The Morgan fingerprint density at radius 2 is 2.11 bits per heavy atom. The predicted octanol–water partition coefficient (Wildman–Crippen LogP) is 1.85. The third kappa shape index (κ3) is 3.48. The summed E-state index contributed by atoms with van der Waals surface area (Å²) >= 11 is 1.50. The third-order valence-electron chi connectivity index (χ3n) is 2.68. The molecule has 0 aliphatic carbocycles. The number of H-pyrrole nitrogens is 1. The van der Waals surface area contributed by atoms with Crippen molar-refractivity contribution in [2.45, 2.75) is 36.5 Å². The van der Waals surface area contributed by atoms with Crippen LogP contribution in [0.1, 0.15) is 18.9 Å². The van der Waals surface area contributed by atoms with Gasteiger partial charge in [-0.05, 0) is 42.9 Å². The number of aromatic amines is 1. The van der Waals surface area contributed by atoms with Crippen LogP contribution in [-0.4, -0.2) is 21.8 Å². The van der Waals surface area contributed by atoms with E-state index in [-0.39, 0.29) is 5.69 Å². The number of aromatic nitrogens is 3. The highest BCUT2D eigenvalue weighted by molar-refractivity contribution is 7.99. The van der Waals surface area contributed by atoms with E-state index in [4.69, 9.17) is 0 Å². The van der Waals surface area contributed by atoms with Gasteiger partial charge in [-0.3, -0.25) is 4.57 Å². The Hall–Kier alpha value is -1.53. The monoisotopic (exact) mass is 278 g/mol. The number of nitrogens with one attached hydrogen (secondary N) is 2. The lowest BCUT2D eigenvalue weighted by atomic mass is 10.2. The summed E-state index contributed by atoms with van der Waals surface area (Å²) in [5.74, 6) is 0. The average molecular weight is 278 g/mol. The first-order chi connectivity index (χ1) is 9.24. The largest absolute Gasteiger partial charge is 0.343 e. The number of hydrogen-bond donors (Lipinski definition) is 2. The Kier molecular flexibility index (Phi) is 4.81. The van der Waals surface area contributed by atoms with Crippen LogP contribution < -0.4 is 11.0 Å². The lowest BCUT2D eigenvalue weighted by molar-refractivity contribution is 0.604. The van der Waals surface area contributed by atoms with Gasteiger partial charge >= 0.3 is 5.69 Å². The van der Waals surface area contributed by atoms with Crippen molar-refractivity contribution in [2.24, 2.45) is 0 Å². The van der Waals surface area contributed by atoms with Crippen LogP contribution >= 0.6 is 11.8 Å². The summed E-state index contributed by atoms with van der Waals surface area (Å²) in [4.78, 5) is 12.7. The number of rotatable bonds is 6. The molecule has 102 valence electrons. The SMILES string of the molecule is CCCn1c(Sc2ccc(CNC)cc2)n[nH]c1=O. The molecule has 0 spiro atoms. The second kappa shape index (κ2) is 6.58. The summed E-state index contributed by atoms with van der Waals surface area (Å²) < 4.78 is 1.67. The molecule has 1 heterocycles. The first-order valence-electron chi connectivity index (χ1n) is 6.31. The van der Waals surface area contributed by atoms with Crippen molar-refractivity contribution in [3.05, 3.63) is 40.3 Å². The van der Waals surface area contributed by atoms with Crippen LogP contribution in [0, 0.1) is 0 Å². The van der Waals surface area contributed by atoms with Crippen LogP contribution in [0.5, 0.6) is 0 Å². The summed E-state index contributed by atoms with van der Waals surface area (Å²) in [6.45, 7) is 3.59. The van der Waals surface area contributed by atoms with Crippen molar-refractivity contribution in [2.75, 3.05) is 7.05 Å². The van der Waals surface area contributed by atoms with Gasteiger partial charge in [0.05, 0.1) is 0 Å². The molecule has 0 bridgehead atoms. The van der Waals surface area contributed by atoms with E-state index in [1.807, 2.05) is 26.1 Å². The molecular weight excluding hydrogens is 260 g/mol. The maximum atomic E-state index is 11.6. The maximum Gasteiger partial charge on any atom is 0.343 e. The van der Waals surface area contributed by atoms with Gasteiger partial charge in [0.25, 0.3) is 0 Å². The topological polar surface area (TPSA) is 62.7 Å². The molecule has 1 aromatic carbocycles. The lowest BCUT2D eigenvalue weighted by Gasteiger charge is -2.05. The highest BCUT2D eigenvalue weighted by atomic mass is 32.2. The molecule has 2 N–H and O–H groups in total. The van der Waals surface area contributed by atoms with Gasteiger partial charge in [0.1, 0.15) is 0 Å². The highest BCUT2D eigenvalue weighted by Gasteiger charge is 2.08. The van der Waals surface area contributed by atoms with Crippen LogP contribution in [0.25, 0.3) is 0 Å². The fourth-order valence-electron chi connectivity index (χ4n) is 1.79. The van der Waals surface area contributed by atoms with Gasteiger partial charge in [0, 0.05) is 18.0 Å².